The highest BCUT2D eigenvalue weighted by atomic mass is 35.5. The molecule has 0 saturated heterocycles. The number of hydrogen-bond acceptors (Lipinski definition) is 11. The third-order valence-electron chi connectivity index (χ3n) is 5.42. The fraction of sp³-hybridized carbons (Fsp3) is 0.179. The molecule has 2 heterocycles. The van der Waals surface area contributed by atoms with Crippen LogP contribution in [0.1, 0.15) is 32.2 Å². The summed E-state index contributed by atoms with van der Waals surface area (Å²) in [5, 5.41) is 38.5. The van der Waals surface area contributed by atoms with Gasteiger partial charge < -0.3 is 35.8 Å². The van der Waals surface area contributed by atoms with Gasteiger partial charge in [0.05, 0.1) is 19.0 Å². The minimum absolute atomic E-state index is 0.378. The Morgan fingerprint density at radius 1 is 0.800 bits per heavy atom. The van der Waals surface area contributed by atoms with E-state index in [-0.39, 0.29) is 5.97 Å². The number of carboxylic acids is 4. The SMILES string of the molecule is COC(=O)c1sc2nc(CNCc3cccc(Cl)c3)nc(NCc3cccc(Cl)c3)c2c1C.O=C(O)C(=O)O.O=C(O)C(=O)O. The van der Waals surface area contributed by atoms with Gasteiger partial charge in [-0.3, -0.25) is 0 Å². The van der Waals surface area contributed by atoms with Crippen molar-refractivity contribution >= 4 is 80.4 Å². The first kappa shape index (κ1) is 36.4. The van der Waals surface area contributed by atoms with Crippen LogP contribution in [0.15, 0.2) is 48.5 Å². The van der Waals surface area contributed by atoms with Crippen LogP contribution in [0.3, 0.4) is 0 Å². The van der Waals surface area contributed by atoms with E-state index in [9.17, 15) is 4.79 Å². The van der Waals surface area contributed by atoms with E-state index in [1.165, 1.54) is 18.4 Å². The molecular formula is C28H26Cl2N4O10S. The number of methoxy groups -OCH3 is 1. The van der Waals surface area contributed by atoms with Crippen molar-refractivity contribution in [1.82, 2.24) is 15.3 Å². The molecule has 45 heavy (non-hydrogen) atoms. The molecule has 6 N–H and O–H groups in total. The second-order valence-electron chi connectivity index (χ2n) is 8.65. The number of aliphatic carboxylic acids is 4. The van der Waals surface area contributed by atoms with Gasteiger partial charge in [0.2, 0.25) is 0 Å². The molecule has 0 bridgehead atoms. The molecule has 0 saturated carbocycles. The maximum Gasteiger partial charge on any atom is 0.414 e. The third-order valence-corrected chi connectivity index (χ3v) is 7.06. The molecule has 0 atom stereocenters. The molecule has 4 aromatic rings. The van der Waals surface area contributed by atoms with Crippen LogP contribution in [0.25, 0.3) is 10.2 Å². The smallest absolute Gasteiger partial charge is 0.414 e. The average Bonchev–Trinajstić information content (AvgIpc) is 3.32. The van der Waals surface area contributed by atoms with Crippen molar-refractivity contribution in [2.75, 3.05) is 12.4 Å². The van der Waals surface area contributed by atoms with Crippen molar-refractivity contribution < 1.29 is 49.1 Å². The van der Waals surface area contributed by atoms with Crippen LogP contribution in [0.2, 0.25) is 10.0 Å². The highest BCUT2D eigenvalue weighted by Gasteiger charge is 2.21. The fourth-order valence-electron chi connectivity index (χ4n) is 3.48. The molecule has 0 aliphatic carbocycles. The number of anilines is 1. The lowest BCUT2D eigenvalue weighted by molar-refractivity contribution is -0.159. The summed E-state index contributed by atoms with van der Waals surface area (Å²) in [5.41, 5.74) is 2.90. The van der Waals surface area contributed by atoms with Gasteiger partial charge in [0.25, 0.3) is 0 Å². The second kappa shape index (κ2) is 17.5. The first-order chi connectivity index (χ1) is 21.2. The summed E-state index contributed by atoms with van der Waals surface area (Å²) >= 11 is 13.5. The highest BCUT2D eigenvalue weighted by molar-refractivity contribution is 7.20. The quantitative estimate of drug-likeness (QED) is 0.113. The largest absolute Gasteiger partial charge is 0.473 e. The normalized spacial score (nSPS) is 10.0. The Balaban J connectivity index is 0.000000499. The molecule has 0 spiro atoms. The molecule has 2 aromatic carbocycles. The third kappa shape index (κ3) is 11.6. The predicted octanol–water partition coefficient (Wildman–Crippen LogP) is 4.31. The molecule has 2 aromatic heterocycles. The zero-order valence-corrected chi connectivity index (χ0v) is 25.9. The summed E-state index contributed by atoms with van der Waals surface area (Å²) in [4.78, 5) is 59.4. The van der Waals surface area contributed by atoms with Crippen LogP contribution >= 0.6 is 34.5 Å². The lowest BCUT2D eigenvalue weighted by atomic mass is 10.2. The van der Waals surface area contributed by atoms with E-state index in [1.807, 2.05) is 55.5 Å². The standard InChI is InChI=1S/C24H22Cl2N4O2S.2C2H2O4/c1-14-20-22(28-12-16-6-4-8-18(26)10-16)29-19(30-23(20)33-21(14)24(31)32-2)13-27-11-15-5-3-7-17(25)9-15;2*3-1(4)2(5)6/h3-10,27H,11-13H2,1-2H3,(H,28,29,30);2*(H,3,4)(H,5,6). The summed E-state index contributed by atoms with van der Waals surface area (Å²) in [5.74, 6) is -6.38. The van der Waals surface area contributed by atoms with Crippen molar-refractivity contribution in [2.45, 2.75) is 26.6 Å². The van der Waals surface area contributed by atoms with Crippen molar-refractivity contribution in [3.8, 4) is 0 Å². The molecule has 0 aliphatic heterocycles. The van der Waals surface area contributed by atoms with Gasteiger partial charge in [-0.05, 0) is 47.9 Å². The lowest BCUT2D eigenvalue weighted by Gasteiger charge is -2.11. The summed E-state index contributed by atoms with van der Waals surface area (Å²) in [6.45, 7) is 3.50. The zero-order chi connectivity index (χ0) is 33.7. The number of rotatable bonds is 8. The van der Waals surface area contributed by atoms with Crippen molar-refractivity contribution in [2.24, 2.45) is 0 Å². The van der Waals surface area contributed by atoms with Crippen LogP contribution in [-0.2, 0) is 43.5 Å². The number of esters is 1. The number of carbonyl (C=O) groups excluding carboxylic acids is 1. The second-order valence-corrected chi connectivity index (χ2v) is 10.5. The number of nitrogens with zero attached hydrogens (tertiary/aromatic N) is 2. The number of hydrogen-bond donors (Lipinski definition) is 6. The number of benzene rings is 2. The van der Waals surface area contributed by atoms with E-state index in [0.29, 0.717) is 46.2 Å². The van der Waals surface area contributed by atoms with E-state index in [4.69, 9.17) is 77.5 Å². The molecular weight excluding hydrogens is 655 g/mol. The van der Waals surface area contributed by atoms with E-state index in [1.54, 1.807) is 0 Å². The van der Waals surface area contributed by atoms with E-state index in [0.717, 1.165) is 26.9 Å². The molecule has 0 fully saturated rings. The molecule has 4 rings (SSSR count). The van der Waals surface area contributed by atoms with Crippen LogP contribution in [0.4, 0.5) is 5.82 Å². The Bertz CT molecular complexity index is 1670. The molecule has 0 unspecified atom stereocenters. The Labute approximate surface area is 269 Å². The number of fused-ring (bicyclic) bond motifs is 1. The van der Waals surface area contributed by atoms with Gasteiger partial charge in [0.15, 0.2) is 0 Å². The minimum Gasteiger partial charge on any atom is -0.473 e. The molecule has 0 radical (unpaired) electrons. The van der Waals surface area contributed by atoms with Gasteiger partial charge in [0, 0.05) is 23.1 Å². The molecule has 14 nitrogen and oxygen atoms in total. The van der Waals surface area contributed by atoms with E-state index in [2.05, 4.69) is 10.6 Å². The van der Waals surface area contributed by atoms with Crippen LogP contribution in [0.5, 0.6) is 0 Å². The van der Waals surface area contributed by atoms with Crippen LogP contribution < -0.4 is 10.6 Å². The minimum atomic E-state index is -1.82. The Morgan fingerprint density at radius 2 is 1.31 bits per heavy atom. The molecule has 238 valence electrons. The number of carboxylic acid groups (broad SMARTS) is 4. The first-order valence-electron chi connectivity index (χ1n) is 12.5. The Morgan fingerprint density at radius 3 is 1.78 bits per heavy atom. The van der Waals surface area contributed by atoms with Crippen LogP contribution in [-0.4, -0.2) is 67.4 Å². The summed E-state index contributed by atoms with van der Waals surface area (Å²) < 4.78 is 4.95. The number of halogens is 2. The van der Waals surface area contributed by atoms with Gasteiger partial charge in [-0.2, -0.15) is 0 Å². The number of carbonyl (C=O) groups is 5. The maximum absolute atomic E-state index is 12.3. The molecule has 0 aliphatic rings. The highest BCUT2D eigenvalue weighted by Crippen LogP contribution is 2.34. The summed E-state index contributed by atoms with van der Waals surface area (Å²) in [6, 6.07) is 15.3. The number of thiophene rings is 1. The van der Waals surface area contributed by atoms with Gasteiger partial charge in [-0.25, -0.2) is 33.9 Å². The molecule has 0 amide bonds. The Hall–Kier alpha value is -4.83. The number of nitrogens with one attached hydrogen (secondary N) is 2. The maximum atomic E-state index is 12.3. The van der Waals surface area contributed by atoms with Crippen molar-refractivity contribution in [3.05, 3.63) is 86.0 Å². The monoisotopic (exact) mass is 680 g/mol. The fourth-order valence-corrected chi connectivity index (χ4v) is 5.02. The lowest BCUT2D eigenvalue weighted by Crippen LogP contribution is -2.16. The Kier molecular flexibility index (Phi) is 14.1. The van der Waals surface area contributed by atoms with Crippen LogP contribution in [0, 0.1) is 6.92 Å². The van der Waals surface area contributed by atoms with Gasteiger partial charge in [-0.15, -0.1) is 11.3 Å². The van der Waals surface area contributed by atoms with E-state index >= 15 is 0 Å². The number of aryl methyl sites for hydroxylation is 1. The van der Waals surface area contributed by atoms with Gasteiger partial charge >= 0.3 is 29.8 Å². The predicted molar refractivity (Wildman–Crippen MR) is 165 cm³/mol. The van der Waals surface area contributed by atoms with Crippen molar-refractivity contribution in [3.63, 3.8) is 0 Å². The number of aromatic nitrogens is 2. The number of ether oxygens (including phenoxy) is 1. The topological polar surface area (TPSA) is 225 Å². The van der Waals surface area contributed by atoms with Gasteiger partial charge in [-0.1, -0.05) is 47.5 Å². The zero-order valence-electron chi connectivity index (χ0n) is 23.5. The summed E-state index contributed by atoms with van der Waals surface area (Å²) in [7, 11) is 1.38. The molecule has 17 heteroatoms. The average molecular weight is 682 g/mol. The van der Waals surface area contributed by atoms with E-state index < -0.39 is 23.9 Å². The van der Waals surface area contributed by atoms with Gasteiger partial charge in [0.1, 0.15) is 21.3 Å². The first-order valence-corrected chi connectivity index (χ1v) is 14.0. The summed E-state index contributed by atoms with van der Waals surface area (Å²) in [6.07, 6.45) is 0. The van der Waals surface area contributed by atoms with Crippen molar-refractivity contribution in [1.29, 1.82) is 0 Å².